The second-order valence-corrected chi connectivity index (χ2v) is 3.25. The van der Waals surface area contributed by atoms with Gasteiger partial charge in [0.05, 0.1) is 6.54 Å². The maximum atomic E-state index is 11.0. The highest BCUT2D eigenvalue weighted by Crippen LogP contribution is 2.17. The number of piperazine rings is 1. The molecule has 11 heavy (non-hydrogen) atoms. The van der Waals surface area contributed by atoms with Crippen LogP contribution in [0, 0.1) is 0 Å². The molecule has 62 valence electrons. The molecule has 0 aromatic carbocycles. The highest BCUT2D eigenvalue weighted by atomic mass is 35.5. The smallest absolute Gasteiger partial charge is 0.320 e. The SMILES string of the molecule is CC1C(=O)NCC[N+]1(Cl)C=O. The summed E-state index contributed by atoms with van der Waals surface area (Å²) in [6, 6.07) is -0.483. The standard InChI is InChI=1S/C6H9ClN2O2/c1-5-6(11)8-2-3-9(5,7)4-10/h4-5H,2-3H2,1H3/p+1. The summed E-state index contributed by atoms with van der Waals surface area (Å²) in [5.41, 5.74) is 0. The molecule has 0 aromatic heterocycles. The van der Waals surface area contributed by atoms with Gasteiger partial charge in [0.2, 0.25) is 0 Å². The second-order valence-electron chi connectivity index (χ2n) is 2.62. The minimum Gasteiger partial charge on any atom is -0.345 e. The molecule has 4 nitrogen and oxygen atoms in total. The Bertz CT molecular complexity index is 197. The summed E-state index contributed by atoms with van der Waals surface area (Å²) in [6.07, 6.45) is 0.602. The van der Waals surface area contributed by atoms with Crippen molar-refractivity contribution in [2.75, 3.05) is 13.1 Å². The molecule has 5 heteroatoms. The third-order valence-electron chi connectivity index (χ3n) is 1.95. The van der Waals surface area contributed by atoms with Gasteiger partial charge in [-0.05, 0) is 6.92 Å². The average Bonchev–Trinajstić information content (AvgIpc) is 2.00. The molecule has 1 fully saturated rings. The number of rotatable bonds is 1. The second kappa shape index (κ2) is 2.79. The first-order chi connectivity index (χ1) is 5.10. The van der Waals surface area contributed by atoms with Gasteiger partial charge in [-0.2, -0.15) is 4.00 Å². The number of hydrogen-bond acceptors (Lipinski definition) is 2. The molecule has 0 radical (unpaired) electrons. The predicted octanol–water partition coefficient (Wildman–Crippen LogP) is -0.368. The largest absolute Gasteiger partial charge is 0.345 e. The van der Waals surface area contributed by atoms with Gasteiger partial charge in [-0.25, -0.2) is 4.79 Å². The lowest BCUT2D eigenvalue weighted by atomic mass is 10.2. The van der Waals surface area contributed by atoms with E-state index in [4.69, 9.17) is 11.8 Å². The molecule has 1 rings (SSSR count). The van der Waals surface area contributed by atoms with Crippen LogP contribution in [-0.4, -0.2) is 35.5 Å². The highest BCUT2D eigenvalue weighted by molar-refractivity contribution is 6.11. The Kier molecular flexibility index (Phi) is 2.15. The van der Waals surface area contributed by atoms with Gasteiger partial charge in [-0.3, -0.25) is 4.79 Å². The van der Waals surface area contributed by atoms with Crippen LogP contribution in [0.3, 0.4) is 0 Å². The first kappa shape index (κ1) is 8.49. The van der Waals surface area contributed by atoms with E-state index in [-0.39, 0.29) is 9.91 Å². The first-order valence-corrected chi connectivity index (χ1v) is 3.75. The van der Waals surface area contributed by atoms with Crippen molar-refractivity contribution < 1.29 is 13.6 Å². The third-order valence-corrected chi connectivity index (χ3v) is 2.49. The van der Waals surface area contributed by atoms with Crippen LogP contribution in [0.25, 0.3) is 0 Å². The molecule has 0 aliphatic carbocycles. The number of carbonyl (C=O) groups is 2. The number of halogens is 1. The summed E-state index contributed by atoms with van der Waals surface area (Å²) >= 11 is 5.81. The molecule has 0 spiro atoms. The summed E-state index contributed by atoms with van der Waals surface area (Å²) in [7, 11) is 0. The van der Waals surface area contributed by atoms with E-state index in [0.717, 1.165) is 0 Å². The quantitative estimate of drug-likeness (QED) is 0.439. The number of carbonyl (C=O) groups excluding carboxylic acids is 2. The van der Waals surface area contributed by atoms with E-state index in [2.05, 4.69) is 5.32 Å². The molecule has 2 atom stereocenters. The van der Waals surface area contributed by atoms with Crippen LogP contribution >= 0.6 is 11.8 Å². The van der Waals surface area contributed by atoms with Crippen LogP contribution in [0.1, 0.15) is 6.92 Å². The van der Waals surface area contributed by atoms with Crippen molar-refractivity contribution in [1.82, 2.24) is 5.32 Å². The van der Waals surface area contributed by atoms with E-state index in [9.17, 15) is 9.59 Å². The zero-order valence-corrected chi connectivity index (χ0v) is 6.97. The normalized spacial score (nSPS) is 38.0. The van der Waals surface area contributed by atoms with E-state index in [1.165, 1.54) is 0 Å². The van der Waals surface area contributed by atoms with E-state index < -0.39 is 6.04 Å². The van der Waals surface area contributed by atoms with Crippen LogP contribution in [0.5, 0.6) is 0 Å². The van der Waals surface area contributed by atoms with E-state index >= 15 is 0 Å². The number of amides is 2. The van der Waals surface area contributed by atoms with Crippen molar-refractivity contribution in [1.29, 1.82) is 0 Å². The molecule has 1 aliphatic rings. The maximum Gasteiger partial charge on any atom is 0.320 e. The van der Waals surface area contributed by atoms with Crippen LogP contribution in [0.15, 0.2) is 0 Å². The zero-order valence-electron chi connectivity index (χ0n) is 6.21. The van der Waals surface area contributed by atoms with Gasteiger partial charge in [-0.1, -0.05) is 0 Å². The maximum absolute atomic E-state index is 11.0. The van der Waals surface area contributed by atoms with Crippen molar-refractivity contribution in [2.45, 2.75) is 13.0 Å². The minimum atomic E-state index is -0.483. The van der Waals surface area contributed by atoms with Gasteiger partial charge in [0, 0.05) is 0 Å². The Labute approximate surface area is 69.8 Å². The topological polar surface area (TPSA) is 46.2 Å². The fourth-order valence-corrected chi connectivity index (χ4v) is 1.20. The van der Waals surface area contributed by atoms with Crippen LogP contribution < -0.4 is 5.32 Å². The number of nitrogens with zero attached hydrogens (tertiary/aromatic N) is 1. The summed E-state index contributed by atoms with van der Waals surface area (Å²) in [6.45, 7) is 2.55. The third kappa shape index (κ3) is 1.36. The molecule has 2 amide bonds. The summed E-state index contributed by atoms with van der Waals surface area (Å²) in [5.74, 6) is -0.168. The Morgan fingerprint density at radius 2 is 2.45 bits per heavy atom. The van der Waals surface area contributed by atoms with Crippen LogP contribution in [-0.2, 0) is 9.59 Å². The molecule has 1 N–H and O–H groups in total. The molecule has 1 heterocycles. The van der Waals surface area contributed by atoms with Gasteiger partial charge in [0.1, 0.15) is 6.54 Å². The molecular weight excluding hydrogens is 168 g/mol. The van der Waals surface area contributed by atoms with E-state index in [1.807, 2.05) is 0 Å². The van der Waals surface area contributed by atoms with Gasteiger partial charge in [-0.15, -0.1) is 0 Å². The van der Waals surface area contributed by atoms with Crippen molar-refractivity contribution in [2.24, 2.45) is 0 Å². The molecule has 1 saturated heterocycles. The predicted molar refractivity (Wildman–Crippen MR) is 39.5 cm³/mol. The van der Waals surface area contributed by atoms with Crippen molar-refractivity contribution in [3.63, 3.8) is 0 Å². The lowest BCUT2D eigenvalue weighted by Gasteiger charge is -2.31. The Hall–Kier alpha value is -0.610. The Morgan fingerprint density at radius 3 is 2.91 bits per heavy atom. The first-order valence-electron chi connectivity index (χ1n) is 3.41. The summed E-state index contributed by atoms with van der Waals surface area (Å²) in [5, 5.41) is 2.62. The number of hydrogen-bond donors (Lipinski definition) is 1. The molecule has 0 aromatic rings. The van der Waals surface area contributed by atoms with Gasteiger partial charge in [0.25, 0.3) is 5.91 Å². The monoisotopic (exact) mass is 177 g/mol. The van der Waals surface area contributed by atoms with Gasteiger partial charge < -0.3 is 5.32 Å². The van der Waals surface area contributed by atoms with Gasteiger partial charge in [0.15, 0.2) is 17.8 Å². The average molecular weight is 178 g/mol. The minimum absolute atomic E-state index is 0.168. The van der Waals surface area contributed by atoms with E-state index in [0.29, 0.717) is 19.5 Å². The van der Waals surface area contributed by atoms with Crippen molar-refractivity contribution in [3.05, 3.63) is 0 Å². The zero-order chi connectivity index (χ0) is 8.48. The molecule has 2 unspecified atom stereocenters. The highest BCUT2D eigenvalue weighted by Gasteiger charge is 2.41. The lowest BCUT2D eigenvalue weighted by Crippen LogP contribution is -2.60. The molecule has 0 saturated carbocycles. The Balaban J connectivity index is 2.80. The number of nitrogens with one attached hydrogen (secondary N) is 1. The fourth-order valence-electron chi connectivity index (χ4n) is 1.03. The van der Waals surface area contributed by atoms with Gasteiger partial charge >= 0.3 is 6.41 Å². The Morgan fingerprint density at radius 1 is 1.82 bits per heavy atom. The molecule has 1 aliphatic heterocycles. The molecule has 0 bridgehead atoms. The van der Waals surface area contributed by atoms with Crippen molar-refractivity contribution in [3.8, 4) is 0 Å². The van der Waals surface area contributed by atoms with Crippen LogP contribution in [0.4, 0.5) is 0 Å². The van der Waals surface area contributed by atoms with Crippen LogP contribution in [0.2, 0.25) is 0 Å². The number of quaternary nitrogens is 1. The molecular formula is C6H10ClN2O2+. The lowest BCUT2D eigenvalue weighted by molar-refractivity contribution is -0.745. The fraction of sp³-hybridized carbons (Fsp3) is 0.667. The summed E-state index contributed by atoms with van der Waals surface area (Å²) < 4.78 is -0.328. The van der Waals surface area contributed by atoms with E-state index in [1.54, 1.807) is 6.92 Å². The van der Waals surface area contributed by atoms with Crippen molar-refractivity contribution >= 4 is 24.1 Å². The summed E-state index contributed by atoms with van der Waals surface area (Å²) in [4.78, 5) is 21.5.